The molecule has 1 aromatic carbocycles. The summed E-state index contributed by atoms with van der Waals surface area (Å²) in [6.07, 6.45) is 1.50. The molecule has 1 saturated heterocycles. The van der Waals surface area contributed by atoms with E-state index in [9.17, 15) is 14.7 Å². The van der Waals surface area contributed by atoms with Gasteiger partial charge < -0.3 is 19.9 Å². The minimum Gasteiger partial charge on any atom is -0.497 e. The molecule has 1 aliphatic rings. The fourth-order valence-corrected chi connectivity index (χ4v) is 2.76. The van der Waals surface area contributed by atoms with Crippen LogP contribution in [0.5, 0.6) is 5.75 Å². The van der Waals surface area contributed by atoms with Crippen molar-refractivity contribution in [2.24, 2.45) is 5.92 Å². The van der Waals surface area contributed by atoms with Crippen LogP contribution in [0.3, 0.4) is 0 Å². The molecule has 2 N–H and O–H groups in total. The molecular weight excluding hydrogens is 298 g/mol. The highest BCUT2D eigenvalue weighted by Crippen LogP contribution is 2.20. The number of carboxylic acids is 1. The highest BCUT2D eigenvalue weighted by molar-refractivity contribution is 5.85. The second-order valence-electron chi connectivity index (χ2n) is 5.86. The van der Waals surface area contributed by atoms with Crippen molar-refractivity contribution in [1.29, 1.82) is 0 Å². The third kappa shape index (κ3) is 4.96. The number of rotatable bonds is 6. The Hall–Kier alpha value is -2.08. The van der Waals surface area contributed by atoms with Crippen molar-refractivity contribution in [3.8, 4) is 5.75 Å². The van der Waals surface area contributed by atoms with Crippen LogP contribution in [0.4, 0.5) is 0 Å². The zero-order chi connectivity index (χ0) is 16.8. The SMILES string of the molecule is COc1cccc(CC(NC(=O)C2CCOC(C)C2)C(=O)O)c1. The molecule has 1 aromatic rings. The topological polar surface area (TPSA) is 84.9 Å². The van der Waals surface area contributed by atoms with Gasteiger partial charge in [-0.25, -0.2) is 4.79 Å². The van der Waals surface area contributed by atoms with Crippen molar-refractivity contribution >= 4 is 11.9 Å². The van der Waals surface area contributed by atoms with E-state index in [0.29, 0.717) is 25.2 Å². The highest BCUT2D eigenvalue weighted by atomic mass is 16.5. The van der Waals surface area contributed by atoms with E-state index >= 15 is 0 Å². The van der Waals surface area contributed by atoms with Crippen molar-refractivity contribution in [1.82, 2.24) is 5.32 Å². The molecule has 1 amide bonds. The number of ether oxygens (including phenoxy) is 2. The zero-order valence-electron chi connectivity index (χ0n) is 13.5. The number of aliphatic carboxylic acids is 1. The van der Waals surface area contributed by atoms with Gasteiger partial charge in [0.25, 0.3) is 0 Å². The minimum atomic E-state index is -1.04. The lowest BCUT2D eigenvalue weighted by Crippen LogP contribution is -2.46. The Labute approximate surface area is 135 Å². The Morgan fingerprint density at radius 3 is 2.91 bits per heavy atom. The maximum Gasteiger partial charge on any atom is 0.326 e. The summed E-state index contributed by atoms with van der Waals surface area (Å²) in [5, 5.41) is 12.0. The molecule has 3 unspecified atom stereocenters. The number of carboxylic acid groups (broad SMARTS) is 1. The molecular formula is C17H23NO5. The van der Waals surface area contributed by atoms with Gasteiger partial charge in [-0.2, -0.15) is 0 Å². The number of carbonyl (C=O) groups excluding carboxylic acids is 1. The standard InChI is InChI=1S/C17H23NO5/c1-11-8-13(6-7-23-11)16(19)18-15(17(20)21)10-12-4-3-5-14(9-12)22-2/h3-5,9,11,13,15H,6-8,10H2,1-2H3,(H,18,19)(H,20,21). The van der Waals surface area contributed by atoms with Crippen molar-refractivity contribution in [2.75, 3.05) is 13.7 Å². The summed E-state index contributed by atoms with van der Waals surface area (Å²) in [5.74, 6) is -0.779. The van der Waals surface area contributed by atoms with E-state index in [1.165, 1.54) is 0 Å². The summed E-state index contributed by atoms with van der Waals surface area (Å²) in [7, 11) is 1.56. The van der Waals surface area contributed by atoms with Crippen LogP contribution in [0.1, 0.15) is 25.3 Å². The lowest BCUT2D eigenvalue weighted by Gasteiger charge is -2.27. The molecule has 1 aliphatic heterocycles. The van der Waals surface area contributed by atoms with Crippen molar-refractivity contribution < 1.29 is 24.2 Å². The summed E-state index contributed by atoms with van der Waals surface area (Å²) >= 11 is 0. The quantitative estimate of drug-likeness (QED) is 0.832. The van der Waals surface area contributed by atoms with E-state index in [-0.39, 0.29) is 24.3 Å². The average molecular weight is 321 g/mol. The summed E-state index contributed by atoms with van der Waals surface area (Å²) in [5.41, 5.74) is 0.803. The summed E-state index contributed by atoms with van der Waals surface area (Å²) in [6, 6.07) is 6.24. The average Bonchev–Trinajstić information content (AvgIpc) is 2.54. The number of hydrogen-bond donors (Lipinski definition) is 2. The van der Waals surface area contributed by atoms with Gasteiger partial charge >= 0.3 is 5.97 Å². The molecule has 1 heterocycles. The second kappa shape index (κ2) is 7.97. The molecule has 6 heteroatoms. The van der Waals surface area contributed by atoms with Gasteiger partial charge in [-0.15, -0.1) is 0 Å². The third-order valence-electron chi connectivity index (χ3n) is 4.04. The predicted octanol–water partition coefficient (Wildman–Crippen LogP) is 1.62. The molecule has 0 spiro atoms. The second-order valence-corrected chi connectivity index (χ2v) is 5.86. The first-order chi connectivity index (χ1) is 11.0. The van der Waals surface area contributed by atoms with Crippen LogP contribution in [0, 0.1) is 5.92 Å². The van der Waals surface area contributed by atoms with Gasteiger partial charge in [0.05, 0.1) is 13.2 Å². The Morgan fingerprint density at radius 2 is 2.26 bits per heavy atom. The Kier molecular flexibility index (Phi) is 5.98. The molecule has 0 aromatic heterocycles. The van der Waals surface area contributed by atoms with Crippen LogP contribution in [0.15, 0.2) is 24.3 Å². The van der Waals surface area contributed by atoms with E-state index in [0.717, 1.165) is 5.56 Å². The van der Waals surface area contributed by atoms with E-state index in [2.05, 4.69) is 5.32 Å². The van der Waals surface area contributed by atoms with Crippen LogP contribution in [0.25, 0.3) is 0 Å². The van der Waals surface area contributed by atoms with Crippen LogP contribution < -0.4 is 10.1 Å². The van der Waals surface area contributed by atoms with Crippen LogP contribution in [-0.2, 0) is 20.7 Å². The minimum absolute atomic E-state index is 0.0289. The maximum absolute atomic E-state index is 12.3. The van der Waals surface area contributed by atoms with E-state index in [1.54, 1.807) is 25.3 Å². The van der Waals surface area contributed by atoms with Gasteiger partial charge in [-0.05, 0) is 37.5 Å². The number of carbonyl (C=O) groups is 2. The molecule has 2 rings (SSSR count). The molecule has 126 valence electrons. The zero-order valence-corrected chi connectivity index (χ0v) is 13.5. The predicted molar refractivity (Wildman–Crippen MR) is 84.4 cm³/mol. The van der Waals surface area contributed by atoms with E-state index in [1.807, 2.05) is 13.0 Å². The van der Waals surface area contributed by atoms with Gasteiger partial charge in [0, 0.05) is 18.9 Å². The van der Waals surface area contributed by atoms with Gasteiger partial charge in [-0.3, -0.25) is 4.79 Å². The third-order valence-corrected chi connectivity index (χ3v) is 4.04. The molecule has 3 atom stereocenters. The lowest BCUT2D eigenvalue weighted by atomic mass is 9.94. The van der Waals surface area contributed by atoms with Gasteiger partial charge in [0.15, 0.2) is 0 Å². The molecule has 6 nitrogen and oxygen atoms in total. The Bertz CT molecular complexity index is 560. The number of benzene rings is 1. The maximum atomic E-state index is 12.3. The fraction of sp³-hybridized carbons (Fsp3) is 0.529. The first kappa shape index (κ1) is 17.3. The van der Waals surface area contributed by atoms with Crippen molar-refractivity contribution in [3.05, 3.63) is 29.8 Å². The van der Waals surface area contributed by atoms with Crippen LogP contribution in [-0.4, -0.2) is 42.8 Å². The largest absolute Gasteiger partial charge is 0.497 e. The Balaban J connectivity index is 2.00. The summed E-state index contributed by atoms with van der Waals surface area (Å²) in [6.45, 7) is 2.46. The first-order valence-electron chi connectivity index (χ1n) is 7.77. The monoisotopic (exact) mass is 321 g/mol. The highest BCUT2D eigenvalue weighted by Gasteiger charge is 2.29. The normalized spacial score (nSPS) is 22.2. The van der Waals surface area contributed by atoms with Gasteiger partial charge in [0.1, 0.15) is 11.8 Å². The van der Waals surface area contributed by atoms with Crippen LogP contribution in [0.2, 0.25) is 0 Å². The van der Waals surface area contributed by atoms with Gasteiger partial charge in [0.2, 0.25) is 5.91 Å². The number of methoxy groups -OCH3 is 1. The Morgan fingerprint density at radius 1 is 1.48 bits per heavy atom. The smallest absolute Gasteiger partial charge is 0.326 e. The number of amides is 1. The first-order valence-corrected chi connectivity index (χ1v) is 7.77. The van der Waals surface area contributed by atoms with E-state index in [4.69, 9.17) is 9.47 Å². The van der Waals surface area contributed by atoms with Crippen molar-refractivity contribution in [3.63, 3.8) is 0 Å². The summed E-state index contributed by atoms with van der Waals surface area (Å²) < 4.78 is 10.6. The molecule has 1 fully saturated rings. The number of nitrogens with one attached hydrogen (secondary N) is 1. The van der Waals surface area contributed by atoms with E-state index < -0.39 is 12.0 Å². The molecule has 23 heavy (non-hydrogen) atoms. The van der Waals surface area contributed by atoms with Gasteiger partial charge in [-0.1, -0.05) is 12.1 Å². The molecule has 0 aliphatic carbocycles. The molecule has 0 radical (unpaired) electrons. The summed E-state index contributed by atoms with van der Waals surface area (Å²) in [4.78, 5) is 23.8. The fourth-order valence-electron chi connectivity index (χ4n) is 2.76. The lowest BCUT2D eigenvalue weighted by molar-refractivity contribution is -0.143. The molecule has 0 saturated carbocycles. The molecule has 0 bridgehead atoms. The van der Waals surface area contributed by atoms with Crippen molar-refractivity contribution in [2.45, 2.75) is 38.3 Å². The number of hydrogen-bond acceptors (Lipinski definition) is 4. The van der Waals surface area contributed by atoms with Crippen LogP contribution >= 0.6 is 0 Å².